The molecule has 0 unspecified atom stereocenters. The maximum Gasteiger partial charge on any atom is 0.276 e. The number of rotatable bonds is 4. The molecule has 4 heterocycles. The average molecular weight is 341 g/mol. The Bertz CT molecular complexity index is 863. The molecule has 25 heavy (non-hydrogen) atoms. The van der Waals surface area contributed by atoms with E-state index in [0.29, 0.717) is 18.1 Å². The van der Waals surface area contributed by atoms with Gasteiger partial charge in [-0.25, -0.2) is 0 Å². The second-order valence-corrected chi connectivity index (χ2v) is 6.52. The maximum atomic E-state index is 12.9. The smallest absolute Gasteiger partial charge is 0.276 e. The molecule has 3 aromatic rings. The Morgan fingerprint density at radius 3 is 2.84 bits per heavy atom. The lowest BCUT2D eigenvalue weighted by Gasteiger charge is -2.21. The van der Waals surface area contributed by atoms with Gasteiger partial charge < -0.3 is 18.4 Å². The van der Waals surface area contributed by atoms with Crippen molar-refractivity contribution in [1.29, 1.82) is 0 Å². The van der Waals surface area contributed by atoms with Crippen molar-refractivity contribution in [3.05, 3.63) is 47.7 Å². The number of carbonyl (C=O) groups is 1. The molecular weight excluding hydrogens is 322 g/mol. The van der Waals surface area contributed by atoms with Crippen molar-refractivity contribution in [1.82, 2.24) is 15.2 Å². The molecule has 0 saturated carbocycles. The molecule has 1 atom stereocenters. The molecular formula is C18H19N3O4. The van der Waals surface area contributed by atoms with Crippen LogP contribution in [0.25, 0.3) is 11.5 Å². The minimum atomic E-state index is -0.174. The number of aromatic nitrogens is 2. The van der Waals surface area contributed by atoms with E-state index in [2.05, 4.69) is 24.2 Å². The van der Waals surface area contributed by atoms with Gasteiger partial charge in [0, 0.05) is 18.7 Å². The van der Waals surface area contributed by atoms with Gasteiger partial charge in [0.25, 0.3) is 5.91 Å². The first kappa shape index (κ1) is 15.7. The molecule has 1 aliphatic heterocycles. The normalized spacial score (nSPS) is 17.6. The number of hydrogen-bond donors (Lipinski definition) is 0. The molecule has 1 fully saturated rings. The Morgan fingerprint density at radius 1 is 1.24 bits per heavy atom. The summed E-state index contributed by atoms with van der Waals surface area (Å²) in [5.41, 5.74) is 1.16. The predicted octanol–water partition coefficient (Wildman–Crippen LogP) is 4.02. The highest BCUT2D eigenvalue weighted by Crippen LogP contribution is 2.34. The topological polar surface area (TPSA) is 85.5 Å². The van der Waals surface area contributed by atoms with E-state index < -0.39 is 0 Å². The molecule has 7 heteroatoms. The van der Waals surface area contributed by atoms with Gasteiger partial charge in [-0.15, -0.1) is 0 Å². The zero-order valence-electron chi connectivity index (χ0n) is 14.1. The fraction of sp³-hybridized carbons (Fsp3) is 0.389. The van der Waals surface area contributed by atoms with Gasteiger partial charge >= 0.3 is 0 Å². The molecule has 4 rings (SSSR count). The molecule has 130 valence electrons. The fourth-order valence-corrected chi connectivity index (χ4v) is 3.10. The van der Waals surface area contributed by atoms with Gasteiger partial charge in [0.15, 0.2) is 17.2 Å². The third kappa shape index (κ3) is 2.86. The van der Waals surface area contributed by atoms with E-state index in [4.69, 9.17) is 13.5 Å². The first-order valence-electron chi connectivity index (χ1n) is 8.41. The summed E-state index contributed by atoms with van der Waals surface area (Å²) in [6.45, 7) is 4.78. The average Bonchev–Trinajstić information content (AvgIpc) is 3.41. The van der Waals surface area contributed by atoms with Crippen LogP contribution in [0.2, 0.25) is 0 Å². The van der Waals surface area contributed by atoms with Crippen molar-refractivity contribution in [2.24, 2.45) is 0 Å². The molecule has 1 saturated heterocycles. The Kier molecular flexibility index (Phi) is 3.91. The van der Waals surface area contributed by atoms with Crippen LogP contribution in [0.15, 0.2) is 44.0 Å². The van der Waals surface area contributed by atoms with Crippen LogP contribution in [0.4, 0.5) is 0 Å². The van der Waals surface area contributed by atoms with Crippen molar-refractivity contribution in [3.63, 3.8) is 0 Å². The van der Waals surface area contributed by atoms with Crippen LogP contribution in [-0.2, 0) is 0 Å². The highest BCUT2D eigenvalue weighted by Gasteiger charge is 2.35. The summed E-state index contributed by atoms with van der Waals surface area (Å²) < 4.78 is 16.0. The minimum absolute atomic E-state index is 0.115. The third-order valence-corrected chi connectivity index (χ3v) is 4.47. The van der Waals surface area contributed by atoms with E-state index in [0.717, 1.165) is 24.3 Å². The van der Waals surface area contributed by atoms with Crippen LogP contribution in [0.3, 0.4) is 0 Å². The van der Waals surface area contributed by atoms with E-state index in [-0.39, 0.29) is 23.6 Å². The molecule has 1 amide bonds. The van der Waals surface area contributed by atoms with Gasteiger partial charge in [-0.3, -0.25) is 4.79 Å². The van der Waals surface area contributed by atoms with Crippen LogP contribution in [-0.4, -0.2) is 27.7 Å². The van der Waals surface area contributed by atoms with E-state index in [1.807, 2.05) is 6.07 Å². The number of hydrogen-bond acceptors (Lipinski definition) is 6. The molecule has 0 aliphatic carbocycles. The van der Waals surface area contributed by atoms with Gasteiger partial charge in [0.2, 0.25) is 5.76 Å². The van der Waals surface area contributed by atoms with Crippen LogP contribution in [0.1, 0.15) is 60.6 Å². The molecule has 7 nitrogen and oxygen atoms in total. The zero-order chi connectivity index (χ0) is 17.4. The monoisotopic (exact) mass is 341 g/mol. The number of amides is 1. The summed E-state index contributed by atoms with van der Waals surface area (Å²) in [6, 6.07) is 6.95. The lowest BCUT2D eigenvalue weighted by molar-refractivity contribution is 0.0704. The van der Waals surface area contributed by atoms with E-state index >= 15 is 0 Å². The SMILES string of the molecule is CC(C)c1cc([C@@H]2CCCN2C(=O)c2cc(-c3ccco3)on2)on1. The predicted molar refractivity (Wildman–Crippen MR) is 87.8 cm³/mol. The summed E-state index contributed by atoms with van der Waals surface area (Å²) in [5, 5.41) is 8.01. The standard InChI is InChI=1S/C18H19N3O4/c1-11(2)12-9-16(24-19-12)14-5-3-7-21(14)18(22)13-10-17(25-20-13)15-6-4-8-23-15/h4,6,8-11,14H,3,5,7H2,1-2H3/t14-/m0/s1. The molecule has 1 aliphatic rings. The second kappa shape index (κ2) is 6.23. The van der Waals surface area contributed by atoms with Gasteiger partial charge in [0.1, 0.15) is 0 Å². The van der Waals surface area contributed by atoms with Crippen molar-refractivity contribution < 1.29 is 18.3 Å². The largest absolute Gasteiger partial charge is 0.461 e. The minimum Gasteiger partial charge on any atom is -0.461 e. The quantitative estimate of drug-likeness (QED) is 0.712. The fourth-order valence-electron chi connectivity index (χ4n) is 3.10. The third-order valence-electron chi connectivity index (χ3n) is 4.47. The van der Waals surface area contributed by atoms with Crippen LogP contribution in [0, 0.1) is 0 Å². The van der Waals surface area contributed by atoms with Crippen molar-refractivity contribution in [2.45, 2.75) is 38.6 Å². The Hall–Kier alpha value is -2.83. The van der Waals surface area contributed by atoms with E-state index in [1.165, 1.54) is 0 Å². The van der Waals surface area contributed by atoms with Crippen molar-refractivity contribution >= 4 is 5.91 Å². The zero-order valence-corrected chi connectivity index (χ0v) is 14.1. The summed E-state index contributed by atoms with van der Waals surface area (Å²) in [7, 11) is 0. The molecule has 0 N–H and O–H groups in total. The van der Waals surface area contributed by atoms with E-state index in [9.17, 15) is 4.79 Å². The summed E-state index contributed by atoms with van der Waals surface area (Å²) in [4.78, 5) is 14.6. The summed E-state index contributed by atoms with van der Waals surface area (Å²) in [6.07, 6.45) is 3.31. The summed E-state index contributed by atoms with van der Waals surface area (Å²) in [5.74, 6) is 1.82. The molecule has 0 bridgehead atoms. The second-order valence-electron chi connectivity index (χ2n) is 6.52. The molecule has 3 aromatic heterocycles. The van der Waals surface area contributed by atoms with Crippen LogP contribution >= 0.6 is 0 Å². The number of likely N-dealkylation sites (tertiary alicyclic amines) is 1. The van der Waals surface area contributed by atoms with Gasteiger partial charge in [-0.05, 0) is 30.9 Å². The van der Waals surface area contributed by atoms with Gasteiger partial charge in [0.05, 0.1) is 18.0 Å². The number of carbonyl (C=O) groups excluding carboxylic acids is 1. The van der Waals surface area contributed by atoms with E-state index in [1.54, 1.807) is 29.4 Å². The number of nitrogens with zero attached hydrogens (tertiary/aromatic N) is 3. The van der Waals surface area contributed by atoms with Gasteiger partial charge in [-0.1, -0.05) is 24.2 Å². The number of furan rings is 1. The highest BCUT2D eigenvalue weighted by molar-refractivity contribution is 5.93. The molecule has 0 aromatic carbocycles. The van der Waals surface area contributed by atoms with Crippen LogP contribution < -0.4 is 0 Å². The molecule has 0 radical (unpaired) electrons. The van der Waals surface area contributed by atoms with Gasteiger partial charge in [-0.2, -0.15) is 0 Å². The van der Waals surface area contributed by atoms with Crippen molar-refractivity contribution in [3.8, 4) is 11.5 Å². The Labute approximate surface area is 144 Å². The lowest BCUT2D eigenvalue weighted by Crippen LogP contribution is -2.30. The van der Waals surface area contributed by atoms with Crippen molar-refractivity contribution in [2.75, 3.05) is 6.54 Å². The first-order chi connectivity index (χ1) is 12.1. The Balaban J connectivity index is 1.56. The first-order valence-corrected chi connectivity index (χ1v) is 8.41. The summed E-state index contributed by atoms with van der Waals surface area (Å²) >= 11 is 0. The highest BCUT2D eigenvalue weighted by atomic mass is 16.5. The molecule has 0 spiro atoms. The lowest BCUT2D eigenvalue weighted by atomic mass is 10.1. The van der Waals surface area contributed by atoms with Crippen LogP contribution in [0.5, 0.6) is 0 Å². The Morgan fingerprint density at radius 2 is 2.12 bits per heavy atom. The maximum absolute atomic E-state index is 12.9.